The van der Waals surface area contributed by atoms with Crippen LogP contribution in [0, 0.1) is 5.82 Å². The van der Waals surface area contributed by atoms with E-state index in [0.717, 1.165) is 30.6 Å². The van der Waals surface area contributed by atoms with Crippen LogP contribution in [0.2, 0.25) is 0 Å². The van der Waals surface area contributed by atoms with E-state index in [0.29, 0.717) is 17.9 Å². The first kappa shape index (κ1) is 17.5. The van der Waals surface area contributed by atoms with Crippen molar-refractivity contribution in [1.29, 1.82) is 0 Å². The van der Waals surface area contributed by atoms with Crippen molar-refractivity contribution >= 4 is 16.7 Å². The Bertz CT molecular complexity index is 1220. The molecule has 0 aliphatic carbocycles. The van der Waals surface area contributed by atoms with Crippen molar-refractivity contribution in [3.8, 4) is 5.82 Å². The molecule has 1 unspecified atom stereocenters. The molecular formula is C20H18FN7O. The molecule has 9 heteroatoms. The Labute approximate surface area is 165 Å². The van der Waals surface area contributed by atoms with Crippen molar-refractivity contribution in [3.63, 3.8) is 0 Å². The molecule has 0 amide bonds. The highest BCUT2D eigenvalue weighted by atomic mass is 19.1. The predicted octanol–water partition coefficient (Wildman–Crippen LogP) is 2.18. The van der Waals surface area contributed by atoms with Crippen LogP contribution < -0.4 is 10.5 Å². The maximum absolute atomic E-state index is 13.6. The van der Waals surface area contributed by atoms with Crippen LogP contribution in [-0.2, 0) is 6.54 Å². The number of fused-ring (bicyclic) bond motifs is 1. The third kappa shape index (κ3) is 3.24. The SMILES string of the molecule is O=c1ccc(-n2ccnc2)nn1CC1CCCN1c1ncnc2cc(F)ccc12. The van der Waals surface area contributed by atoms with Gasteiger partial charge in [0.2, 0.25) is 0 Å². The summed E-state index contributed by atoms with van der Waals surface area (Å²) < 4.78 is 16.8. The second kappa shape index (κ2) is 7.08. The Hall–Kier alpha value is -3.62. The van der Waals surface area contributed by atoms with Crippen LogP contribution in [0.3, 0.4) is 0 Å². The number of rotatable bonds is 4. The van der Waals surface area contributed by atoms with E-state index in [1.165, 1.54) is 29.2 Å². The average Bonchev–Trinajstić information content (AvgIpc) is 3.41. The highest BCUT2D eigenvalue weighted by Gasteiger charge is 2.28. The summed E-state index contributed by atoms with van der Waals surface area (Å²) in [7, 11) is 0. The standard InChI is InChI=1S/C20H18FN7O/c21-14-3-4-16-17(10-14)23-12-24-20(16)27-8-1-2-15(27)11-28-19(29)6-5-18(25-28)26-9-7-22-13-26/h3-7,9-10,12-13,15H,1-2,8,11H2. The first-order valence-electron chi connectivity index (χ1n) is 9.42. The van der Waals surface area contributed by atoms with Crippen LogP contribution in [0.25, 0.3) is 16.7 Å². The molecule has 1 atom stereocenters. The van der Waals surface area contributed by atoms with Gasteiger partial charge in [0.25, 0.3) is 5.56 Å². The lowest BCUT2D eigenvalue weighted by atomic mass is 10.2. The number of benzene rings is 1. The number of anilines is 1. The number of nitrogens with zero attached hydrogens (tertiary/aromatic N) is 7. The number of aromatic nitrogens is 6. The summed E-state index contributed by atoms with van der Waals surface area (Å²) in [5, 5.41) is 5.30. The van der Waals surface area contributed by atoms with Gasteiger partial charge in [-0.05, 0) is 31.0 Å². The minimum Gasteiger partial charge on any atom is -0.351 e. The van der Waals surface area contributed by atoms with Crippen LogP contribution in [0.4, 0.5) is 10.2 Å². The first-order valence-corrected chi connectivity index (χ1v) is 9.42. The van der Waals surface area contributed by atoms with Crippen LogP contribution >= 0.6 is 0 Å². The van der Waals surface area contributed by atoms with Gasteiger partial charge in [-0.1, -0.05) is 0 Å². The molecule has 1 fully saturated rings. The van der Waals surface area contributed by atoms with Gasteiger partial charge in [-0.3, -0.25) is 9.36 Å². The van der Waals surface area contributed by atoms with Crippen molar-refractivity contribution in [3.05, 3.63) is 71.6 Å². The van der Waals surface area contributed by atoms with Gasteiger partial charge in [0.15, 0.2) is 5.82 Å². The lowest BCUT2D eigenvalue weighted by Gasteiger charge is -2.26. The van der Waals surface area contributed by atoms with Crippen LogP contribution in [0.15, 0.2) is 60.2 Å². The molecule has 0 bridgehead atoms. The molecule has 29 heavy (non-hydrogen) atoms. The van der Waals surface area contributed by atoms with E-state index < -0.39 is 0 Å². The molecule has 0 spiro atoms. The molecule has 3 aromatic heterocycles. The molecule has 5 rings (SSSR count). The van der Waals surface area contributed by atoms with Gasteiger partial charge in [-0.2, -0.15) is 5.10 Å². The van der Waals surface area contributed by atoms with E-state index in [9.17, 15) is 9.18 Å². The van der Waals surface area contributed by atoms with Crippen molar-refractivity contribution in [2.45, 2.75) is 25.4 Å². The molecule has 146 valence electrons. The quantitative estimate of drug-likeness (QED) is 0.530. The van der Waals surface area contributed by atoms with E-state index in [2.05, 4.69) is 25.0 Å². The maximum Gasteiger partial charge on any atom is 0.266 e. The Kier molecular flexibility index (Phi) is 4.27. The third-order valence-electron chi connectivity index (χ3n) is 5.23. The number of imidazole rings is 1. The minimum atomic E-state index is -0.327. The Balaban J connectivity index is 1.48. The van der Waals surface area contributed by atoms with E-state index in [1.54, 1.807) is 35.4 Å². The zero-order chi connectivity index (χ0) is 19.8. The fourth-order valence-electron chi connectivity index (χ4n) is 3.85. The summed E-state index contributed by atoms with van der Waals surface area (Å²) in [5.74, 6) is 1.07. The highest BCUT2D eigenvalue weighted by Crippen LogP contribution is 2.30. The van der Waals surface area contributed by atoms with Gasteiger partial charge in [-0.15, -0.1) is 0 Å². The summed E-state index contributed by atoms with van der Waals surface area (Å²) >= 11 is 0. The third-order valence-corrected chi connectivity index (χ3v) is 5.23. The topological polar surface area (TPSA) is 81.7 Å². The molecule has 8 nitrogen and oxygen atoms in total. The van der Waals surface area contributed by atoms with Crippen LogP contribution in [0.5, 0.6) is 0 Å². The van der Waals surface area contributed by atoms with E-state index in [1.807, 2.05) is 0 Å². The molecule has 4 aromatic rings. The molecule has 1 saturated heterocycles. The van der Waals surface area contributed by atoms with Crippen molar-refractivity contribution < 1.29 is 4.39 Å². The van der Waals surface area contributed by atoms with Gasteiger partial charge in [0.05, 0.1) is 18.1 Å². The van der Waals surface area contributed by atoms with Gasteiger partial charge in [0.1, 0.15) is 24.3 Å². The zero-order valence-corrected chi connectivity index (χ0v) is 15.5. The fraction of sp³-hybridized carbons (Fsp3) is 0.250. The summed E-state index contributed by atoms with van der Waals surface area (Å²) in [5.41, 5.74) is 0.411. The Morgan fingerprint density at radius 3 is 2.97 bits per heavy atom. The Morgan fingerprint density at radius 1 is 1.17 bits per heavy atom. The fourth-order valence-corrected chi connectivity index (χ4v) is 3.85. The summed E-state index contributed by atoms with van der Waals surface area (Å²) in [6, 6.07) is 7.79. The minimum absolute atomic E-state index is 0.0568. The lowest BCUT2D eigenvalue weighted by molar-refractivity contribution is 0.485. The Morgan fingerprint density at radius 2 is 2.10 bits per heavy atom. The largest absolute Gasteiger partial charge is 0.351 e. The summed E-state index contributed by atoms with van der Waals surface area (Å²) in [6.07, 6.45) is 8.44. The van der Waals surface area contributed by atoms with E-state index >= 15 is 0 Å². The second-order valence-corrected chi connectivity index (χ2v) is 7.03. The zero-order valence-electron chi connectivity index (χ0n) is 15.5. The summed E-state index contributed by atoms with van der Waals surface area (Å²) in [4.78, 5) is 27.3. The smallest absolute Gasteiger partial charge is 0.266 e. The van der Waals surface area contributed by atoms with Gasteiger partial charge in [-0.25, -0.2) is 24.0 Å². The number of hydrogen-bond donors (Lipinski definition) is 0. The predicted molar refractivity (Wildman–Crippen MR) is 105 cm³/mol. The molecule has 0 radical (unpaired) electrons. The molecule has 0 saturated carbocycles. The average molecular weight is 391 g/mol. The lowest BCUT2D eigenvalue weighted by Crippen LogP contribution is -2.37. The summed E-state index contributed by atoms with van der Waals surface area (Å²) in [6.45, 7) is 1.25. The van der Waals surface area contributed by atoms with Gasteiger partial charge in [0, 0.05) is 36.5 Å². The molecule has 0 N–H and O–H groups in total. The van der Waals surface area contributed by atoms with E-state index in [-0.39, 0.29) is 17.4 Å². The normalized spacial score (nSPS) is 16.6. The first-order chi connectivity index (χ1) is 14.2. The van der Waals surface area contributed by atoms with Crippen molar-refractivity contribution in [2.24, 2.45) is 0 Å². The molecule has 1 aliphatic rings. The van der Waals surface area contributed by atoms with Gasteiger partial charge < -0.3 is 4.90 Å². The molecular weight excluding hydrogens is 373 g/mol. The monoisotopic (exact) mass is 391 g/mol. The number of hydrogen-bond acceptors (Lipinski definition) is 6. The maximum atomic E-state index is 13.6. The highest BCUT2D eigenvalue weighted by molar-refractivity contribution is 5.89. The molecule has 1 aliphatic heterocycles. The van der Waals surface area contributed by atoms with Crippen LogP contribution in [-0.4, -0.2) is 41.9 Å². The van der Waals surface area contributed by atoms with Crippen molar-refractivity contribution in [2.75, 3.05) is 11.4 Å². The molecule has 1 aromatic carbocycles. The van der Waals surface area contributed by atoms with Crippen molar-refractivity contribution in [1.82, 2.24) is 29.3 Å². The molecule has 4 heterocycles. The number of halogens is 1. The van der Waals surface area contributed by atoms with E-state index in [4.69, 9.17) is 0 Å². The van der Waals surface area contributed by atoms with Gasteiger partial charge >= 0.3 is 0 Å². The second-order valence-electron chi connectivity index (χ2n) is 7.03. The van der Waals surface area contributed by atoms with Crippen LogP contribution in [0.1, 0.15) is 12.8 Å².